The van der Waals surface area contributed by atoms with Crippen molar-refractivity contribution in [2.24, 2.45) is 5.18 Å². The molecule has 0 saturated heterocycles. The number of benzene rings is 2. The van der Waals surface area contributed by atoms with Crippen molar-refractivity contribution in [1.82, 2.24) is 18.7 Å². The van der Waals surface area contributed by atoms with Crippen molar-refractivity contribution in [2.45, 2.75) is 25.3 Å². The molecule has 5 aromatic rings. The first-order valence-electron chi connectivity index (χ1n) is 10.7. The summed E-state index contributed by atoms with van der Waals surface area (Å²) in [6.07, 6.45) is 5.03. The van der Waals surface area contributed by atoms with Gasteiger partial charge in [0.25, 0.3) is 10.0 Å². The summed E-state index contributed by atoms with van der Waals surface area (Å²) in [6.45, 7) is 4.54. The molecule has 3 aromatic heterocycles. The maximum absolute atomic E-state index is 13.3. The van der Waals surface area contributed by atoms with E-state index in [9.17, 15) is 13.3 Å². The van der Waals surface area contributed by atoms with Gasteiger partial charge in [-0.2, -0.15) is 5.10 Å². The first-order valence-corrected chi connectivity index (χ1v) is 12.2. The van der Waals surface area contributed by atoms with Crippen LogP contribution in [0, 0.1) is 11.8 Å². The van der Waals surface area contributed by atoms with Gasteiger partial charge in [0, 0.05) is 41.6 Å². The third-order valence-corrected chi connectivity index (χ3v) is 7.41. The highest BCUT2D eigenvalue weighted by molar-refractivity contribution is 7.90. The molecule has 170 valence electrons. The molecule has 0 radical (unpaired) electrons. The number of fused-ring (bicyclic) bond motifs is 1. The summed E-state index contributed by atoms with van der Waals surface area (Å²) in [6, 6.07) is 17.3. The lowest BCUT2D eigenvalue weighted by Gasteiger charge is -2.09. The zero-order valence-corrected chi connectivity index (χ0v) is 19.4. The van der Waals surface area contributed by atoms with E-state index in [4.69, 9.17) is 5.10 Å². The first kappa shape index (κ1) is 21.7. The molecule has 0 unspecified atom stereocenters. The Morgan fingerprint density at radius 2 is 1.79 bits per heavy atom. The van der Waals surface area contributed by atoms with Gasteiger partial charge in [0.2, 0.25) is 0 Å². The van der Waals surface area contributed by atoms with Crippen LogP contribution < -0.4 is 0 Å². The Morgan fingerprint density at radius 3 is 2.53 bits per heavy atom. The maximum atomic E-state index is 13.3. The summed E-state index contributed by atoms with van der Waals surface area (Å²) in [5.41, 5.74) is 4.64. The minimum Gasteiger partial charge on any atom is -0.272 e. The second-order valence-corrected chi connectivity index (χ2v) is 9.73. The summed E-state index contributed by atoms with van der Waals surface area (Å²) in [5, 5.41) is 8.41. The molecule has 0 fully saturated rings. The molecule has 0 aliphatic rings. The van der Waals surface area contributed by atoms with E-state index in [2.05, 4.69) is 10.2 Å². The molecule has 0 bridgehead atoms. The van der Waals surface area contributed by atoms with Crippen molar-refractivity contribution in [2.75, 3.05) is 0 Å². The molecular formula is C25H21N5O3S. The Kier molecular flexibility index (Phi) is 5.33. The van der Waals surface area contributed by atoms with E-state index >= 15 is 0 Å². The van der Waals surface area contributed by atoms with Crippen LogP contribution in [0.4, 0.5) is 5.69 Å². The van der Waals surface area contributed by atoms with Crippen molar-refractivity contribution < 1.29 is 8.42 Å². The van der Waals surface area contributed by atoms with Gasteiger partial charge >= 0.3 is 0 Å². The minimum absolute atomic E-state index is 0.195. The fourth-order valence-corrected chi connectivity index (χ4v) is 5.27. The second-order valence-electron chi connectivity index (χ2n) is 7.91. The molecule has 0 saturated carbocycles. The summed E-state index contributed by atoms with van der Waals surface area (Å²) >= 11 is 0. The highest BCUT2D eigenvalue weighted by atomic mass is 32.2. The average Bonchev–Trinajstić information content (AvgIpc) is 3.49. The van der Waals surface area contributed by atoms with E-state index in [1.165, 1.54) is 10.2 Å². The van der Waals surface area contributed by atoms with E-state index in [-0.39, 0.29) is 4.90 Å². The number of nitrogens with zero attached hydrogens (tertiary/aromatic N) is 5. The van der Waals surface area contributed by atoms with Gasteiger partial charge in [-0.05, 0) is 61.0 Å². The number of rotatable bonds is 6. The largest absolute Gasteiger partial charge is 0.272 e. The van der Waals surface area contributed by atoms with Crippen LogP contribution in [0.15, 0.2) is 89.3 Å². The predicted octanol–water partition coefficient (Wildman–Crippen LogP) is 5.53. The van der Waals surface area contributed by atoms with Crippen molar-refractivity contribution in [1.29, 1.82) is 0 Å². The Hall–Kier alpha value is -4.11. The molecule has 5 rings (SSSR count). The third-order valence-electron chi connectivity index (χ3n) is 5.73. The Labute approximate surface area is 196 Å². The standard InChI is InChI=1S/C25H21N5O3S/c1-3-29-16-23(24(27-29)18-5-4-6-19(15-18)28-31)21-11-13-26-25-22(21)12-14-30(25)34(32,33)20-9-7-17(2)8-10-20/h4-16H,3H2,1-2H3. The highest BCUT2D eigenvalue weighted by Crippen LogP contribution is 2.37. The van der Waals surface area contributed by atoms with Crippen molar-refractivity contribution in [3.05, 3.63) is 89.7 Å². The van der Waals surface area contributed by atoms with Gasteiger partial charge in [0.1, 0.15) is 11.4 Å². The van der Waals surface area contributed by atoms with Gasteiger partial charge in [0.15, 0.2) is 5.65 Å². The zero-order chi connectivity index (χ0) is 23.9. The molecule has 2 aromatic carbocycles. The fourth-order valence-electron chi connectivity index (χ4n) is 3.97. The third kappa shape index (κ3) is 3.60. The Morgan fingerprint density at radius 1 is 1.00 bits per heavy atom. The average molecular weight is 472 g/mol. The monoisotopic (exact) mass is 471 g/mol. The van der Waals surface area contributed by atoms with Crippen LogP contribution in [-0.4, -0.2) is 27.2 Å². The van der Waals surface area contributed by atoms with Gasteiger partial charge in [-0.15, -0.1) is 4.91 Å². The van der Waals surface area contributed by atoms with Crippen LogP contribution in [0.5, 0.6) is 0 Å². The lowest BCUT2D eigenvalue weighted by molar-refractivity contribution is 0.588. The van der Waals surface area contributed by atoms with Gasteiger partial charge < -0.3 is 0 Å². The summed E-state index contributed by atoms with van der Waals surface area (Å²) in [4.78, 5) is 15.7. The van der Waals surface area contributed by atoms with Gasteiger partial charge in [-0.3, -0.25) is 4.68 Å². The van der Waals surface area contributed by atoms with E-state index in [0.29, 0.717) is 29.0 Å². The van der Waals surface area contributed by atoms with Crippen LogP contribution in [0.2, 0.25) is 0 Å². The molecule has 0 aliphatic carbocycles. The SMILES string of the molecule is CCn1cc(-c2ccnc3c2ccn3S(=O)(=O)c2ccc(C)cc2)c(-c2cccc(N=O)c2)n1. The molecule has 0 aliphatic heterocycles. The summed E-state index contributed by atoms with van der Waals surface area (Å²) < 4.78 is 29.7. The fraction of sp³-hybridized carbons (Fsp3) is 0.120. The zero-order valence-electron chi connectivity index (χ0n) is 18.6. The predicted molar refractivity (Wildman–Crippen MR) is 131 cm³/mol. The van der Waals surface area contributed by atoms with Crippen LogP contribution in [0.3, 0.4) is 0 Å². The molecule has 0 N–H and O–H groups in total. The number of nitroso groups, excluding NO2 is 1. The van der Waals surface area contributed by atoms with Crippen LogP contribution in [-0.2, 0) is 16.6 Å². The number of pyridine rings is 1. The summed E-state index contributed by atoms with van der Waals surface area (Å²) in [7, 11) is -3.82. The maximum Gasteiger partial charge on any atom is 0.269 e. The van der Waals surface area contributed by atoms with E-state index in [1.807, 2.05) is 32.2 Å². The van der Waals surface area contributed by atoms with Crippen LogP contribution in [0.1, 0.15) is 12.5 Å². The molecule has 8 nitrogen and oxygen atoms in total. The lowest BCUT2D eigenvalue weighted by Crippen LogP contribution is -2.12. The van der Waals surface area contributed by atoms with Gasteiger partial charge in [-0.1, -0.05) is 29.8 Å². The number of aromatic nitrogens is 4. The molecule has 9 heteroatoms. The lowest BCUT2D eigenvalue weighted by atomic mass is 10.0. The quantitative estimate of drug-likeness (QED) is 0.303. The van der Waals surface area contributed by atoms with Gasteiger partial charge in [0.05, 0.1) is 4.90 Å². The molecule has 0 atom stereocenters. The van der Waals surface area contributed by atoms with Crippen molar-refractivity contribution >= 4 is 26.7 Å². The van der Waals surface area contributed by atoms with Crippen LogP contribution >= 0.6 is 0 Å². The second kappa shape index (κ2) is 8.35. The van der Waals surface area contributed by atoms with Crippen molar-refractivity contribution in [3.8, 4) is 22.4 Å². The molecule has 3 heterocycles. The smallest absolute Gasteiger partial charge is 0.269 e. The molecule has 0 amide bonds. The number of hydrogen-bond acceptors (Lipinski definition) is 6. The molecule has 34 heavy (non-hydrogen) atoms. The van der Waals surface area contributed by atoms with Gasteiger partial charge in [-0.25, -0.2) is 17.4 Å². The number of hydrogen-bond donors (Lipinski definition) is 0. The molecule has 0 spiro atoms. The molecular weight excluding hydrogens is 450 g/mol. The topological polar surface area (TPSA) is 99.2 Å². The van der Waals surface area contributed by atoms with Crippen LogP contribution in [0.25, 0.3) is 33.4 Å². The van der Waals surface area contributed by atoms with E-state index in [1.54, 1.807) is 59.4 Å². The highest BCUT2D eigenvalue weighted by Gasteiger charge is 2.22. The van der Waals surface area contributed by atoms with Crippen molar-refractivity contribution in [3.63, 3.8) is 0 Å². The van der Waals surface area contributed by atoms with E-state index < -0.39 is 10.0 Å². The number of aryl methyl sites for hydroxylation is 2. The van der Waals surface area contributed by atoms with E-state index in [0.717, 1.165) is 22.3 Å². The first-order chi connectivity index (χ1) is 16.4. The normalized spacial score (nSPS) is 11.7. The minimum atomic E-state index is -3.82. The Balaban J connectivity index is 1.70. The Bertz CT molecular complexity index is 1630. The summed E-state index contributed by atoms with van der Waals surface area (Å²) in [5.74, 6) is 0.